The zero-order valence-corrected chi connectivity index (χ0v) is 12.0. The van der Waals surface area contributed by atoms with Gasteiger partial charge in [-0.05, 0) is 29.3 Å². The fourth-order valence-corrected chi connectivity index (χ4v) is 2.21. The third-order valence-electron chi connectivity index (χ3n) is 2.80. The average molecular weight is 307 g/mol. The summed E-state index contributed by atoms with van der Waals surface area (Å²) in [6, 6.07) is 14.2. The van der Waals surface area contributed by atoms with Crippen molar-refractivity contribution in [3.8, 4) is 22.6 Å². The number of benzene rings is 2. The van der Waals surface area contributed by atoms with Gasteiger partial charge in [-0.15, -0.1) is 0 Å². The maximum atomic E-state index is 5.41. The normalized spacial score (nSPS) is 10.2. The van der Waals surface area contributed by atoms with Gasteiger partial charge in [-0.2, -0.15) is 0 Å². The van der Waals surface area contributed by atoms with Gasteiger partial charge in [-0.1, -0.05) is 40.2 Å². The van der Waals surface area contributed by atoms with E-state index in [0.717, 1.165) is 28.0 Å². The van der Waals surface area contributed by atoms with E-state index in [2.05, 4.69) is 34.1 Å². The Morgan fingerprint density at radius 1 is 1.00 bits per heavy atom. The Labute approximate surface area is 116 Å². The van der Waals surface area contributed by atoms with Gasteiger partial charge in [0.2, 0.25) is 0 Å². The van der Waals surface area contributed by atoms with Crippen molar-refractivity contribution >= 4 is 15.9 Å². The highest BCUT2D eigenvalue weighted by molar-refractivity contribution is 9.08. The fourth-order valence-electron chi connectivity index (χ4n) is 1.86. The second-order valence-electron chi connectivity index (χ2n) is 3.90. The molecule has 0 N–H and O–H groups in total. The Balaban J connectivity index is 2.53. The van der Waals surface area contributed by atoms with Gasteiger partial charge >= 0.3 is 0 Å². The summed E-state index contributed by atoms with van der Waals surface area (Å²) in [6.07, 6.45) is 0. The van der Waals surface area contributed by atoms with Gasteiger partial charge in [-0.25, -0.2) is 0 Å². The second kappa shape index (κ2) is 5.91. The van der Waals surface area contributed by atoms with Gasteiger partial charge in [0.15, 0.2) is 0 Å². The number of halogens is 1. The highest BCUT2D eigenvalue weighted by Gasteiger charge is 2.08. The van der Waals surface area contributed by atoms with Crippen LogP contribution in [0.2, 0.25) is 0 Å². The summed E-state index contributed by atoms with van der Waals surface area (Å²) in [5, 5.41) is 0.840. The lowest BCUT2D eigenvalue weighted by molar-refractivity contribution is 0.404. The molecule has 18 heavy (non-hydrogen) atoms. The molecule has 0 amide bonds. The molecule has 0 aliphatic carbocycles. The molecule has 0 aliphatic heterocycles. The summed E-state index contributed by atoms with van der Waals surface area (Å²) < 4.78 is 10.7. The number of hydrogen-bond donors (Lipinski definition) is 0. The van der Waals surface area contributed by atoms with Crippen molar-refractivity contribution in [2.24, 2.45) is 0 Å². The second-order valence-corrected chi connectivity index (χ2v) is 4.46. The van der Waals surface area contributed by atoms with E-state index in [1.165, 1.54) is 5.56 Å². The molecule has 0 saturated heterocycles. The number of rotatable bonds is 4. The lowest BCUT2D eigenvalue weighted by Gasteiger charge is -2.11. The molecule has 94 valence electrons. The van der Waals surface area contributed by atoms with E-state index in [1.807, 2.05) is 24.3 Å². The first kappa shape index (κ1) is 13.0. The molecule has 0 heterocycles. The predicted octanol–water partition coefficient (Wildman–Crippen LogP) is 4.27. The van der Waals surface area contributed by atoms with Crippen LogP contribution in [0, 0.1) is 0 Å². The Hall–Kier alpha value is -1.48. The highest BCUT2D eigenvalue weighted by atomic mass is 79.9. The average Bonchev–Trinajstić information content (AvgIpc) is 2.46. The van der Waals surface area contributed by atoms with Crippen LogP contribution >= 0.6 is 15.9 Å². The van der Waals surface area contributed by atoms with Crippen molar-refractivity contribution < 1.29 is 9.47 Å². The SMILES string of the molecule is COc1ccc(OC)c(-c2cccc(CBr)c2)c1. The van der Waals surface area contributed by atoms with Crippen LogP contribution in [0.5, 0.6) is 11.5 Å². The minimum atomic E-state index is 0.829. The van der Waals surface area contributed by atoms with Crippen molar-refractivity contribution in [3.63, 3.8) is 0 Å². The number of alkyl halides is 1. The molecule has 2 aromatic carbocycles. The first-order chi connectivity index (χ1) is 8.78. The molecule has 2 aromatic rings. The monoisotopic (exact) mass is 306 g/mol. The molecular formula is C15H15BrO2. The smallest absolute Gasteiger partial charge is 0.126 e. The summed E-state index contributed by atoms with van der Waals surface area (Å²) in [7, 11) is 3.35. The first-order valence-corrected chi connectivity index (χ1v) is 6.78. The highest BCUT2D eigenvalue weighted by Crippen LogP contribution is 2.33. The third kappa shape index (κ3) is 2.67. The third-order valence-corrected chi connectivity index (χ3v) is 3.45. The lowest BCUT2D eigenvalue weighted by atomic mass is 10.0. The zero-order valence-electron chi connectivity index (χ0n) is 10.4. The van der Waals surface area contributed by atoms with Gasteiger partial charge in [-0.3, -0.25) is 0 Å². The van der Waals surface area contributed by atoms with Crippen molar-refractivity contribution in [2.75, 3.05) is 14.2 Å². The van der Waals surface area contributed by atoms with E-state index in [-0.39, 0.29) is 0 Å². The van der Waals surface area contributed by atoms with Crippen LogP contribution in [0.4, 0.5) is 0 Å². The van der Waals surface area contributed by atoms with Crippen molar-refractivity contribution in [3.05, 3.63) is 48.0 Å². The predicted molar refractivity (Wildman–Crippen MR) is 77.6 cm³/mol. The molecule has 2 rings (SSSR count). The van der Waals surface area contributed by atoms with Crippen LogP contribution in [0.1, 0.15) is 5.56 Å². The van der Waals surface area contributed by atoms with Crippen LogP contribution in [0.15, 0.2) is 42.5 Å². The molecule has 3 heteroatoms. The molecule has 0 unspecified atom stereocenters. The van der Waals surface area contributed by atoms with Crippen LogP contribution in [-0.2, 0) is 5.33 Å². The van der Waals surface area contributed by atoms with E-state index >= 15 is 0 Å². The number of methoxy groups -OCH3 is 2. The minimum Gasteiger partial charge on any atom is -0.497 e. The zero-order chi connectivity index (χ0) is 13.0. The van der Waals surface area contributed by atoms with Crippen LogP contribution in [0.3, 0.4) is 0 Å². The minimum absolute atomic E-state index is 0.829. The standard InChI is InChI=1S/C15H15BrO2/c1-17-13-6-7-15(18-2)14(9-13)12-5-3-4-11(8-12)10-16/h3-9H,10H2,1-2H3. The molecule has 0 radical (unpaired) electrons. The van der Waals surface area contributed by atoms with E-state index in [1.54, 1.807) is 14.2 Å². The Kier molecular flexibility index (Phi) is 4.26. The number of ether oxygens (including phenoxy) is 2. The molecule has 0 atom stereocenters. The van der Waals surface area contributed by atoms with Crippen LogP contribution in [0.25, 0.3) is 11.1 Å². The Morgan fingerprint density at radius 2 is 1.83 bits per heavy atom. The van der Waals surface area contributed by atoms with E-state index < -0.39 is 0 Å². The molecule has 0 bridgehead atoms. The molecule has 0 aromatic heterocycles. The first-order valence-electron chi connectivity index (χ1n) is 5.65. The molecule has 2 nitrogen and oxygen atoms in total. The maximum Gasteiger partial charge on any atom is 0.126 e. The number of hydrogen-bond acceptors (Lipinski definition) is 2. The summed E-state index contributed by atoms with van der Waals surface area (Å²) in [5.74, 6) is 1.68. The largest absolute Gasteiger partial charge is 0.497 e. The van der Waals surface area contributed by atoms with Gasteiger partial charge in [0, 0.05) is 10.9 Å². The van der Waals surface area contributed by atoms with Gasteiger partial charge in [0.25, 0.3) is 0 Å². The molecular weight excluding hydrogens is 292 g/mol. The van der Waals surface area contributed by atoms with Gasteiger partial charge < -0.3 is 9.47 Å². The molecule has 0 spiro atoms. The van der Waals surface area contributed by atoms with Gasteiger partial charge in [0.05, 0.1) is 14.2 Å². The topological polar surface area (TPSA) is 18.5 Å². The molecule has 0 saturated carbocycles. The van der Waals surface area contributed by atoms with Crippen molar-refractivity contribution in [1.29, 1.82) is 0 Å². The summed E-state index contributed by atoms with van der Waals surface area (Å²) in [4.78, 5) is 0. The Bertz CT molecular complexity index is 538. The molecule has 0 aliphatic rings. The summed E-state index contributed by atoms with van der Waals surface area (Å²) in [5.41, 5.74) is 3.40. The van der Waals surface area contributed by atoms with Gasteiger partial charge in [0.1, 0.15) is 11.5 Å². The van der Waals surface area contributed by atoms with Crippen molar-refractivity contribution in [2.45, 2.75) is 5.33 Å². The van der Waals surface area contributed by atoms with Crippen molar-refractivity contribution in [1.82, 2.24) is 0 Å². The lowest BCUT2D eigenvalue weighted by Crippen LogP contribution is -1.91. The Morgan fingerprint density at radius 3 is 2.50 bits per heavy atom. The molecule has 0 fully saturated rings. The van der Waals surface area contributed by atoms with E-state index in [0.29, 0.717) is 0 Å². The quantitative estimate of drug-likeness (QED) is 0.786. The van der Waals surface area contributed by atoms with Crippen LogP contribution < -0.4 is 9.47 Å². The summed E-state index contributed by atoms with van der Waals surface area (Å²) in [6.45, 7) is 0. The van der Waals surface area contributed by atoms with Crippen LogP contribution in [-0.4, -0.2) is 14.2 Å². The van der Waals surface area contributed by atoms with E-state index in [9.17, 15) is 0 Å². The summed E-state index contributed by atoms with van der Waals surface area (Å²) >= 11 is 3.47. The maximum absolute atomic E-state index is 5.41. The van der Waals surface area contributed by atoms with E-state index in [4.69, 9.17) is 9.47 Å². The fraction of sp³-hybridized carbons (Fsp3) is 0.200.